The number of aliphatic hydroxyl groups excluding tert-OH is 1. The Morgan fingerprint density at radius 2 is 1.78 bits per heavy atom. The van der Waals surface area contributed by atoms with E-state index in [-0.39, 0.29) is 6.61 Å². The van der Waals surface area contributed by atoms with Crippen LogP contribution in [0, 0.1) is 13.8 Å². The van der Waals surface area contributed by atoms with Gasteiger partial charge in [-0.15, -0.1) is 11.8 Å². The van der Waals surface area contributed by atoms with Crippen LogP contribution >= 0.6 is 11.8 Å². The van der Waals surface area contributed by atoms with Crippen LogP contribution < -0.4 is 0 Å². The van der Waals surface area contributed by atoms with Crippen molar-refractivity contribution in [1.82, 2.24) is 0 Å². The molecule has 0 spiro atoms. The predicted molar refractivity (Wildman–Crippen MR) is 77.8 cm³/mol. The lowest BCUT2D eigenvalue weighted by Gasteiger charge is -2.08. The highest BCUT2D eigenvalue weighted by Gasteiger charge is 2.03. The molecule has 1 N–H and O–H groups in total. The van der Waals surface area contributed by atoms with Crippen molar-refractivity contribution in [3.8, 4) is 0 Å². The van der Waals surface area contributed by atoms with Gasteiger partial charge in [-0.3, -0.25) is 0 Å². The van der Waals surface area contributed by atoms with Gasteiger partial charge in [0, 0.05) is 10.6 Å². The molecule has 0 aromatic heterocycles. The Hall–Kier alpha value is -1.25. The largest absolute Gasteiger partial charge is 0.392 e. The minimum Gasteiger partial charge on any atom is -0.392 e. The molecular weight excluding hydrogens is 240 g/mol. The summed E-state index contributed by atoms with van der Waals surface area (Å²) in [6, 6.07) is 14.8. The highest BCUT2D eigenvalue weighted by molar-refractivity contribution is 7.98. The summed E-state index contributed by atoms with van der Waals surface area (Å²) in [6.07, 6.45) is 0. The van der Waals surface area contributed by atoms with Crippen molar-refractivity contribution in [1.29, 1.82) is 0 Å². The smallest absolute Gasteiger partial charge is 0.0692 e. The fourth-order valence-corrected chi connectivity index (χ4v) is 2.91. The molecule has 0 aliphatic carbocycles. The zero-order valence-electron chi connectivity index (χ0n) is 10.8. The van der Waals surface area contributed by atoms with Gasteiger partial charge in [0.2, 0.25) is 0 Å². The molecule has 94 valence electrons. The van der Waals surface area contributed by atoms with E-state index in [2.05, 4.69) is 49.4 Å². The number of hydrogen-bond acceptors (Lipinski definition) is 2. The Labute approximate surface area is 113 Å². The summed E-state index contributed by atoms with van der Waals surface area (Å²) in [5, 5.41) is 9.37. The summed E-state index contributed by atoms with van der Waals surface area (Å²) >= 11 is 1.78. The summed E-state index contributed by atoms with van der Waals surface area (Å²) in [7, 11) is 0. The topological polar surface area (TPSA) is 20.2 Å². The molecule has 0 saturated carbocycles. The molecule has 0 aliphatic heterocycles. The van der Waals surface area contributed by atoms with Gasteiger partial charge in [0.05, 0.1) is 6.61 Å². The molecule has 0 heterocycles. The quantitative estimate of drug-likeness (QED) is 0.834. The Kier molecular flexibility index (Phi) is 4.45. The molecule has 18 heavy (non-hydrogen) atoms. The Morgan fingerprint density at radius 3 is 2.50 bits per heavy atom. The number of rotatable bonds is 4. The van der Waals surface area contributed by atoms with Crippen LogP contribution in [0.25, 0.3) is 0 Å². The number of aliphatic hydroxyl groups is 1. The van der Waals surface area contributed by atoms with Crippen molar-refractivity contribution in [2.45, 2.75) is 31.1 Å². The summed E-state index contributed by atoms with van der Waals surface area (Å²) < 4.78 is 0. The fourth-order valence-electron chi connectivity index (χ4n) is 1.94. The third kappa shape index (κ3) is 3.37. The molecule has 0 radical (unpaired) electrons. The zero-order chi connectivity index (χ0) is 13.0. The maximum atomic E-state index is 9.37. The third-order valence-corrected chi connectivity index (χ3v) is 4.05. The molecule has 0 saturated heterocycles. The number of hydrogen-bond donors (Lipinski definition) is 1. The summed E-state index contributed by atoms with van der Waals surface area (Å²) in [6.45, 7) is 4.27. The average molecular weight is 258 g/mol. The Morgan fingerprint density at radius 1 is 1.00 bits per heavy atom. The van der Waals surface area contributed by atoms with Crippen molar-refractivity contribution >= 4 is 11.8 Å². The molecule has 2 aromatic rings. The molecule has 0 aliphatic rings. The van der Waals surface area contributed by atoms with E-state index in [1.165, 1.54) is 21.6 Å². The molecule has 2 aromatic carbocycles. The average Bonchev–Trinajstić information content (AvgIpc) is 2.37. The van der Waals surface area contributed by atoms with Crippen LogP contribution in [0.15, 0.2) is 47.4 Å². The van der Waals surface area contributed by atoms with E-state index < -0.39 is 0 Å². The number of thioether (sulfide) groups is 1. The van der Waals surface area contributed by atoms with Gasteiger partial charge in [-0.25, -0.2) is 0 Å². The maximum Gasteiger partial charge on any atom is 0.0692 e. The molecule has 0 atom stereocenters. The van der Waals surface area contributed by atoms with Crippen LogP contribution in [0.2, 0.25) is 0 Å². The summed E-state index contributed by atoms with van der Waals surface area (Å²) in [5.41, 5.74) is 4.83. The second-order valence-electron chi connectivity index (χ2n) is 4.55. The van der Waals surface area contributed by atoms with Gasteiger partial charge in [0.25, 0.3) is 0 Å². The first-order valence-electron chi connectivity index (χ1n) is 6.08. The van der Waals surface area contributed by atoms with Gasteiger partial charge < -0.3 is 5.11 Å². The second kappa shape index (κ2) is 6.07. The van der Waals surface area contributed by atoms with Crippen molar-refractivity contribution in [3.05, 3.63) is 64.7 Å². The maximum absolute atomic E-state index is 9.37. The molecule has 1 nitrogen and oxygen atoms in total. The van der Waals surface area contributed by atoms with Gasteiger partial charge >= 0.3 is 0 Å². The first-order valence-corrected chi connectivity index (χ1v) is 7.06. The highest BCUT2D eigenvalue weighted by Crippen LogP contribution is 2.27. The van der Waals surface area contributed by atoms with Crippen LogP contribution in [-0.2, 0) is 12.4 Å². The van der Waals surface area contributed by atoms with Crippen LogP contribution in [0.5, 0.6) is 0 Å². The van der Waals surface area contributed by atoms with Gasteiger partial charge in [0.1, 0.15) is 0 Å². The van der Waals surface area contributed by atoms with E-state index in [1.807, 2.05) is 6.92 Å². The first kappa shape index (κ1) is 13.2. The van der Waals surface area contributed by atoms with E-state index in [4.69, 9.17) is 0 Å². The van der Waals surface area contributed by atoms with E-state index in [1.54, 1.807) is 11.8 Å². The SMILES string of the molecule is Cc1cccc(CSc2ccc(C)cc2CO)c1. The standard InChI is InChI=1S/C16H18OS/c1-12-4-3-5-14(8-12)11-18-16-7-6-13(2)9-15(16)10-17/h3-9,17H,10-11H2,1-2H3. The van der Waals surface area contributed by atoms with Gasteiger partial charge in [-0.2, -0.15) is 0 Å². The zero-order valence-corrected chi connectivity index (χ0v) is 11.6. The number of aryl methyl sites for hydroxylation is 2. The molecular formula is C16H18OS. The lowest BCUT2D eigenvalue weighted by Crippen LogP contribution is -1.90. The van der Waals surface area contributed by atoms with Crippen LogP contribution in [0.3, 0.4) is 0 Å². The van der Waals surface area contributed by atoms with Crippen molar-refractivity contribution in [2.24, 2.45) is 0 Å². The van der Waals surface area contributed by atoms with Gasteiger partial charge in [-0.1, -0.05) is 47.5 Å². The Bertz CT molecular complexity index is 534. The van der Waals surface area contributed by atoms with Crippen molar-refractivity contribution in [2.75, 3.05) is 0 Å². The van der Waals surface area contributed by atoms with E-state index in [0.29, 0.717) is 0 Å². The molecule has 0 fully saturated rings. The van der Waals surface area contributed by atoms with E-state index in [9.17, 15) is 5.11 Å². The van der Waals surface area contributed by atoms with Crippen molar-refractivity contribution in [3.63, 3.8) is 0 Å². The number of benzene rings is 2. The Balaban J connectivity index is 2.10. The normalized spacial score (nSPS) is 10.6. The second-order valence-corrected chi connectivity index (χ2v) is 5.56. The predicted octanol–water partition coefficient (Wildman–Crippen LogP) is 4.09. The van der Waals surface area contributed by atoms with Gasteiger partial charge in [-0.05, 0) is 31.0 Å². The lowest BCUT2D eigenvalue weighted by atomic mass is 10.1. The minimum atomic E-state index is 0.109. The molecule has 0 amide bonds. The van der Waals surface area contributed by atoms with E-state index >= 15 is 0 Å². The highest BCUT2D eigenvalue weighted by atomic mass is 32.2. The van der Waals surface area contributed by atoms with Crippen molar-refractivity contribution < 1.29 is 5.11 Å². The molecule has 2 heteroatoms. The third-order valence-electron chi connectivity index (χ3n) is 2.86. The summed E-state index contributed by atoms with van der Waals surface area (Å²) in [5.74, 6) is 0.942. The first-order chi connectivity index (χ1) is 8.69. The van der Waals surface area contributed by atoms with Crippen LogP contribution in [0.1, 0.15) is 22.3 Å². The lowest BCUT2D eigenvalue weighted by molar-refractivity contribution is 0.279. The van der Waals surface area contributed by atoms with Crippen LogP contribution in [-0.4, -0.2) is 5.11 Å². The molecule has 0 bridgehead atoms. The monoisotopic (exact) mass is 258 g/mol. The molecule has 0 unspecified atom stereocenters. The van der Waals surface area contributed by atoms with E-state index in [0.717, 1.165) is 11.3 Å². The van der Waals surface area contributed by atoms with Crippen LogP contribution in [0.4, 0.5) is 0 Å². The van der Waals surface area contributed by atoms with Gasteiger partial charge in [0.15, 0.2) is 0 Å². The molecule has 2 rings (SSSR count). The summed E-state index contributed by atoms with van der Waals surface area (Å²) in [4.78, 5) is 1.17. The fraction of sp³-hybridized carbons (Fsp3) is 0.250. The minimum absolute atomic E-state index is 0.109.